The number of carbonyl (C=O) groups is 1. The first-order valence-corrected chi connectivity index (χ1v) is 13.3. The lowest BCUT2D eigenvalue weighted by atomic mass is 9.94. The second-order valence-electron chi connectivity index (χ2n) is 9.08. The molecule has 0 radical (unpaired) electrons. The summed E-state index contributed by atoms with van der Waals surface area (Å²) >= 11 is 0. The zero-order chi connectivity index (χ0) is 21.8. The van der Waals surface area contributed by atoms with Crippen LogP contribution in [0.25, 0.3) is 10.9 Å². The Hall–Kier alpha value is -1.86. The maximum Gasteiger partial charge on any atom is 0.243 e. The van der Waals surface area contributed by atoms with E-state index in [1.54, 1.807) is 12.1 Å². The summed E-state index contributed by atoms with van der Waals surface area (Å²) in [5.41, 5.74) is 1.04. The van der Waals surface area contributed by atoms with Gasteiger partial charge in [-0.25, -0.2) is 8.42 Å². The van der Waals surface area contributed by atoms with Crippen molar-refractivity contribution in [1.29, 1.82) is 0 Å². The Morgan fingerprint density at radius 1 is 1.03 bits per heavy atom. The van der Waals surface area contributed by atoms with Gasteiger partial charge in [-0.2, -0.15) is 4.31 Å². The highest BCUT2D eigenvalue weighted by atomic mass is 32.2. The van der Waals surface area contributed by atoms with Crippen molar-refractivity contribution >= 4 is 26.8 Å². The molecule has 0 bridgehead atoms. The second kappa shape index (κ2) is 9.74. The Labute approximate surface area is 186 Å². The molecule has 1 aliphatic heterocycles. The van der Waals surface area contributed by atoms with Crippen LogP contribution in [-0.4, -0.2) is 42.3 Å². The van der Waals surface area contributed by atoms with Crippen LogP contribution in [0.1, 0.15) is 64.7 Å². The standard InChI is InChI=1S/C24H35N3O3S/c1-2-26-16-14-19-17-22(12-13-23(19)26)31(29,30)27-15-8-9-20(18-27)24(28)25-21-10-6-4-3-5-7-11-21/h12-14,16-17,20-21H,2-11,15,18H2,1H3,(H,25,28)/t20-/m0/s1. The summed E-state index contributed by atoms with van der Waals surface area (Å²) in [6.07, 6.45) is 11.6. The molecule has 1 aromatic carbocycles. The van der Waals surface area contributed by atoms with Crippen molar-refractivity contribution in [2.45, 2.75) is 82.2 Å². The van der Waals surface area contributed by atoms with E-state index < -0.39 is 10.0 Å². The fourth-order valence-electron chi connectivity index (χ4n) is 5.06. The SMILES string of the molecule is CCn1ccc2cc(S(=O)(=O)N3CCC[C@H](C(=O)NC4CCCCCCC4)C3)ccc21. The first-order valence-electron chi connectivity index (χ1n) is 11.9. The number of benzene rings is 1. The van der Waals surface area contributed by atoms with Crippen LogP contribution in [0, 0.1) is 5.92 Å². The van der Waals surface area contributed by atoms with Crippen molar-refractivity contribution in [3.63, 3.8) is 0 Å². The fourth-order valence-corrected chi connectivity index (χ4v) is 6.62. The Balaban J connectivity index is 1.45. The van der Waals surface area contributed by atoms with E-state index in [-0.39, 0.29) is 24.4 Å². The number of fused-ring (bicyclic) bond motifs is 1. The largest absolute Gasteiger partial charge is 0.353 e. The maximum absolute atomic E-state index is 13.3. The number of piperidine rings is 1. The highest BCUT2D eigenvalue weighted by Gasteiger charge is 2.34. The van der Waals surface area contributed by atoms with Gasteiger partial charge in [0.15, 0.2) is 0 Å². The lowest BCUT2D eigenvalue weighted by Crippen LogP contribution is -2.47. The first kappa shape index (κ1) is 22.3. The van der Waals surface area contributed by atoms with Crippen LogP contribution < -0.4 is 5.32 Å². The third-order valence-corrected chi connectivity index (χ3v) is 8.79. The highest BCUT2D eigenvalue weighted by molar-refractivity contribution is 7.89. The number of amides is 1. The average molecular weight is 446 g/mol. The molecule has 1 atom stereocenters. The Morgan fingerprint density at radius 2 is 1.77 bits per heavy atom. The lowest BCUT2D eigenvalue weighted by molar-refractivity contribution is -0.126. The van der Waals surface area contributed by atoms with Crippen molar-refractivity contribution in [3.05, 3.63) is 30.5 Å². The van der Waals surface area contributed by atoms with Gasteiger partial charge in [0.05, 0.1) is 10.8 Å². The molecule has 1 aliphatic carbocycles. The van der Waals surface area contributed by atoms with Gasteiger partial charge in [-0.1, -0.05) is 32.1 Å². The molecule has 1 saturated carbocycles. The smallest absolute Gasteiger partial charge is 0.243 e. The van der Waals surface area contributed by atoms with Gasteiger partial charge in [-0.3, -0.25) is 4.79 Å². The van der Waals surface area contributed by atoms with E-state index >= 15 is 0 Å². The topological polar surface area (TPSA) is 71.4 Å². The number of nitrogens with zero attached hydrogens (tertiary/aromatic N) is 2. The molecule has 1 amide bonds. The van der Waals surface area contributed by atoms with Crippen LogP contribution in [0.4, 0.5) is 0 Å². The van der Waals surface area contributed by atoms with Crippen molar-refractivity contribution in [2.24, 2.45) is 5.92 Å². The summed E-state index contributed by atoms with van der Waals surface area (Å²) < 4.78 is 30.3. The number of rotatable bonds is 5. The number of sulfonamides is 1. The molecule has 4 rings (SSSR count). The molecule has 170 valence electrons. The van der Waals surface area contributed by atoms with Crippen LogP contribution in [-0.2, 0) is 21.4 Å². The summed E-state index contributed by atoms with van der Waals surface area (Å²) in [6.45, 7) is 3.66. The van der Waals surface area contributed by atoms with Gasteiger partial charge < -0.3 is 9.88 Å². The predicted molar refractivity (Wildman–Crippen MR) is 123 cm³/mol. The minimum absolute atomic E-state index is 0.0287. The molecule has 2 aliphatic rings. The van der Waals surface area contributed by atoms with Gasteiger partial charge in [-0.15, -0.1) is 0 Å². The van der Waals surface area contributed by atoms with Crippen molar-refractivity contribution < 1.29 is 13.2 Å². The zero-order valence-corrected chi connectivity index (χ0v) is 19.4. The van der Waals surface area contributed by atoms with E-state index in [1.807, 2.05) is 18.3 Å². The minimum atomic E-state index is -3.62. The quantitative estimate of drug-likeness (QED) is 0.746. The lowest BCUT2D eigenvalue weighted by Gasteiger charge is -2.32. The predicted octanol–water partition coefficient (Wildman–Crippen LogP) is 4.29. The fraction of sp³-hybridized carbons (Fsp3) is 0.625. The second-order valence-corrected chi connectivity index (χ2v) is 11.0. The molecule has 1 saturated heterocycles. The molecule has 0 spiro atoms. The molecule has 1 aromatic heterocycles. The third-order valence-electron chi connectivity index (χ3n) is 6.93. The van der Waals surface area contributed by atoms with E-state index in [4.69, 9.17) is 0 Å². The van der Waals surface area contributed by atoms with Crippen LogP contribution in [0.3, 0.4) is 0 Å². The van der Waals surface area contributed by atoms with E-state index in [9.17, 15) is 13.2 Å². The minimum Gasteiger partial charge on any atom is -0.353 e. The van der Waals surface area contributed by atoms with Crippen LogP contribution in [0.5, 0.6) is 0 Å². The number of carbonyl (C=O) groups excluding carboxylic acids is 1. The van der Waals surface area contributed by atoms with Gasteiger partial charge in [-0.05, 0) is 56.9 Å². The molecule has 1 N–H and O–H groups in total. The number of nitrogens with one attached hydrogen (secondary N) is 1. The van der Waals surface area contributed by atoms with Gasteiger partial charge in [0.1, 0.15) is 0 Å². The number of hydrogen-bond donors (Lipinski definition) is 1. The Kier molecular flexibility index (Phi) is 7.02. The Bertz CT molecular complexity index is 1010. The number of aryl methyl sites for hydroxylation is 1. The van der Waals surface area contributed by atoms with Gasteiger partial charge in [0.25, 0.3) is 0 Å². The van der Waals surface area contributed by atoms with Gasteiger partial charge in [0.2, 0.25) is 15.9 Å². The van der Waals surface area contributed by atoms with E-state index in [0.29, 0.717) is 11.4 Å². The molecule has 2 heterocycles. The third kappa shape index (κ3) is 4.98. The first-order chi connectivity index (χ1) is 15.0. The molecule has 31 heavy (non-hydrogen) atoms. The Morgan fingerprint density at radius 3 is 2.52 bits per heavy atom. The molecule has 0 unspecified atom stereocenters. The summed E-state index contributed by atoms with van der Waals surface area (Å²) in [6, 6.07) is 7.54. The van der Waals surface area contributed by atoms with Crippen LogP contribution in [0.2, 0.25) is 0 Å². The maximum atomic E-state index is 13.3. The highest BCUT2D eigenvalue weighted by Crippen LogP contribution is 2.27. The molecule has 6 nitrogen and oxygen atoms in total. The van der Waals surface area contributed by atoms with E-state index in [0.717, 1.165) is 43.1 Å². The summed E-state index contributed by atoms with van der Waals surface area (Å²) in [7, 11) is -3.62. The zero-order valence-electron chi connectivity index (χ0n) is 18.6. The summed E-state index contributed by atoms with van der Waals surface area (Å²) in [5, 5.41) is 4.17. The van der Waals surface area contributed by atoms with Gasteiger partial charge >= 0.3 is 0 Å². The van der Waals surface area contributed by atoms with E-state index in [2.05, 4.69) is 16.8 Å². The monoisotopic (exact) mass is 445 g/mol. The summed E-state index contributed by atoms with van der Waals surface area (Å²) in [5.74, 6) is -0.236. The molecule has 2 fully saturated rings. The van der Waals surface area contributed by atoms with Crippen LogP contribution in [0.15, 0.2) is 35.4 Å². The average Bonchev–Trinajstić information content (AvgIpc) is 3.18. The van der Waals surface area contributed by atoms with Crippen LogP contribution >= 0.6 is 0 Å². The van der Waals surface area contributed by atoms with Crippen molar-refractivity contribution in [3.8, 4) is 0 Å². The molecule has 7 heteroatoms. The van der Waals surface area contributed by atoms with Crippen molar-refractivity contribution in [2.75, 3.05) is 13.1 Å². The summed E-state index contributed by atoms with van der Waals surface area (Å²) in [4.78, 5) is 13.3. The van der Waals surface area contributed by atoms with E-state index in [1.165, 1.54) is 36.4 Å². The number of aromatic nitrogens is 1. The van der Waals surface area contributed by atoms with Gasteiger partial charge in [0, 0.05) is 42.8 Å². The number of hydrogen-bond acceptors (Lipinski definition) is 3. The van der Waals surface area contributed by atoms with Crippen molar-refractivity contribution in [1.82, 2.24) is 14.2 Å². The molecule has 2 aromatic rings. The molecular weight excluding hydrogens is 410 g/mol. The normalized spacial score (nSPS) is 22.2. The molecular formula is C24H35N3O3S.